The summed E-state index contributed by atoms with van der Waals surface area (Å²) in [7, 11) is -7.24. The molecule has 2 bridgehead atoms. The number of primary sulfonamides is 1. The molecule has 2 fully saturated rings. The summed E-state index contributed by atoms with van der Waals surface area (Å²) in [6, 6.07) is -0.610. The van der Waals surface area contributed by atoms with Crippen molar-refractivity contribution in [2.45, 2.75) is 31.3 Å². The highest BCUT2D eigenvalue weighted by atomic mass is 32.2. The van der Waals surface area contributed by atoms with E-state index in [0.29, 0.717) is 0 Å². The fourth-order valence-corrected chi connectivity index (χ4v) is 5.39. The van der Waals surface area contributed by atoms with Crippen molar-refractivity contribution in [1.29, 1.82) is 0 Å². The average Bonchev–Trinajstić information content (AvgIpc) is 2.75. The molecule has 0 amide bonds. The fraction of sp³-hybridized carbons (Fsp3) is 0.778. The van der Waals surface area contributed by atoms with Gasteiger partial charge in [-0.3, -0.25) is 0 Å². The molecule has 0 aromatic carbocycles. The molecule has 0 radical (unpaired) electrons. The number of sulfonamides is 2. The van der Waals surface area contributed by atoms with E-state index in [0.717, 1.165) is 24.7 Å². The standard InChI is InChI=1S/C9H16N2O4S2/c1-2-17(14,15)11-8-4-3-7(5-8)9(11)6-16(10,12)13/h2,7-9H,1,3-6H2,(H2,10,12,13)/t7-,8+,9+/m0/s1. The Hall–Kier alpha value is -0.440. The predicted octanol–water partition coefficient (Wildman–Crippen LogP) is -0.399. The van der Waals surface area contributed by atoms with Gasteiger partial charge in [-0.05, 0) is 25.2 Å². The molecular formula is C9H16N2O4S2. The molecule has 2 N–H and O–H groups in total. The van der Waals surface area contributed by atoms with Crippen LogP contribution in [0.3, 0.4) is 0 Å². The van der Waals surface area contributed by atoms with Crippen LogP contribution in [-0.2, 0) is 20.0 Å². The zero-order valence-corrected chi connectivity index (χ0v) is 11.0. The van der Waals surface area contributed by atoms with Crippen molar-refractivity contribution in [3.8, 4) is 0 Å². The Morgan fingerprint density at radius 3 is 2.47 bits per heavy atom. The molecule has 3 atom stereocenters. The van der Waals surface area contributed by atoms with Crippen LogP contribution in [0.15, 0.2) is 12.0 Å². The van der Waals surface area contributed by atoms with Crippen LogP contribution in [0.2, 0.25) is 0 Å². The minimum atomic E-state index is -3.67. The molecule has 8 heteroatoms. The maximum atomic E-state index is 11.9. The van der Waals surface area contributed by atoms with E-state index >= 15 is 0 Å². The Balaban J connectivity index is 2.33. The summed E-state index contributed by atoms with van der Waals surface area (Å²) >= 11 is 0. The van der Waals surface area contributed by atoms with Gasteiger partial charge in [0.25, 0.3) is 0 Å². The molecule has 0 aromatic heterocycles. The third-order valence-electron chi connectivity index (χ3n) is 3.58. The van der Waals surface area contributed by atoms with E-state index in [1.807, 2.05) is 0 Å². The van der Waals surface area contributed by atoms with Crippen LogP contribution in [0.5, 0.6) is 0 Å². The van der Waals surface area contributed by atoms with Gasteiger partial charge in [0.1, 0.15) is 0 Å². The first-order valence-corrected chi connectivity index (χ1v) is 8.63. The number of hydrogen-bond donors (Lipinski definition) is 1. The molecule has 98 valence electrons. The van der Waals surface area contributed by atoms with E-state index in [2.05, 4.69) is 6.58 Å². The number of nitrogens with two attached hydrogens (primary N) is 1. The Morgan fingerprint density at radius 1 is 1.29 bits per heavy atom. The maximum Gasteiger partial charge on any atom is 0.236 e. The molecular weight excluding hydrogens is 264 g/mol. The average molecular weight is 280 g/mol. The largest absolute Gasteiger partial charge is 0.236 e. The van der Waals surface area contributed by atoms with Crippen molar-refractivity contribution in [2.24, 2.45) is 11.1 Å². The summed E-state index contributed by atoms with van der Waals surface area (Å²) < 4.78 is 47.3. The third-order valence-corrected chi connectivity index (χ3v) is 5.97. The zero-order valence-electron chi connectivity index (χ0n) is 9.32. The molecule has 1 saturated carbocycles. The molecule has 1 aliphatic carbocycles. The van der Waals surface area contributed by atoms with Crippen LogP contribution in [0.1, 0.15) is 19.3 Å². The second kappa shape index (κ2) is 4.04. The second-order valence-electron chi connectivity index (χ2n) is 4.67. The van der Waals surface area contributed by atoms with Crippen molar-refractivity contribution in [1.82, 2.24) is 4.31 Å². The SMILES string of the molecule is C=CS(=O)(=O)N1[C@@H]2CC[C@@H](C2)[C@H]1CS(N)(=O)=O. The first-order chi connectivity index (χ1) is 7.74. The highest BCUT2D eigenvalue weighted by molar-refractivity contribution is 7.92. The lowest BCUT2D eigenvalue weighted by molar-refractivity contribution is 0.263. The van der Waals surface area contributed by atoms with Crippen LogP contribution in [0.4, 0.5) is 0 Å². The first-order valence-electron chi connectivity index (χ1n) is 5.41. The van der Waals surface area contributed by atoms with Gasteiger partial charge in [-0.25, -0.2) is 22.0 Å². The Morgan fingerprint density at radius 2 is 1.94 bits per heavy atom. The number of fused-ring (bicyclic) bond motifs is 2. The van der Waals surface area contributed by atoms with E-state index in [1.54, 1.807) is 0 Å². The predicted molar refractivity (Wildman–Crippen MR) is 63.8 cm³/mol. The van der Waals surface area contributed by atoms with Crippen LogP contribution in [0, 0.1) is 5.92 Å². The van der Waals surface area contributed by atoms with Crippen LogP contribution in [0.25, 0.3) is 0 Å². The summed E-state index contributed by atoms with van der Waals surface area (Å²) in [5.41, 5.74) is 0. The highest BCUT2D eigenvalue weighted by Crippen LogP contribution is 2.44. The van der Waals surface area contributed by atoms with Crippen LogP contribution < -0.4 is 5.14 Å². The number of piperidine rings is 1. The van der Waals surface area contributed by atoms with Crippen LogP contribution in [-0.4, -0.2) is 39.0 Å². The monoisotopic (exact) mass is 280 g/mol. The smallest absolute Gasteiger partial charge is 0.229 e. The maximum absolute atomic E-state index is 11.9. The summed E-state index contributed by atoms with van der Waals surface area (Å²) in [6.07, 6.45) is 2.39. The van der Waals surface area contributed by atoms with E-state index in [4.69, 9.17) is 5.14 Å². The summed E-state index contributed by atoms with van der Waals surface area (Å²) in [5, 5.41) is 5.90. The minimum Gasteiger partial charge on any atom is -0.229 e. The van der Waals surface area contributed by atoms with Gasteiger partial charge in [0.15, 0.2) is 0 Å². The van der Waals surface area contributed by atoms with Gasteiger partial charge in [0.2, 0.25) is 20.0 Å². The number of hydrogen-bond acceptors (Lipinski definition) is 4. The van der Waals surface area contributed by atoms with E-state index in [1.165, 1.54) is 4.31 Å². The molecule has 17 heavy (non-hydrogen) atoms. The van der Waals surface area contributed by atoms with Crippen molar-refractivity contribution >= 4 is 20.0 Å². The van der Waals surface area contributed by atoms with Crippen LogP contribution >= 0.6 is 0 Å². The van der Waals surface area contributed by atoms with Gasteiger partial charge >= 0.3 is 0 Å². The van der Waals surface area contributed by atoms with Gasteiger partial charge in [0, 0.05) is 17.5 Å². The van der Waals surface area contributed by atoms with Crippen molar-refractivity contribution in [3.05, 3.63) is 12.0 Å². The molecule has 1 heterocycles. The van der Waals surface area contributed by atoms with Gasteiger partial charge in [-0.2, -0.15) is 4.31 Å². The van der Waals surface area contributed by atoms with Crippen molar-refractivity contribution in [3.63, 3.8) is 0 Å². The van der Waals surface area contributed by atoms with E-state index in [9.17, 15) is 16.8 Å². The zero-order chi connectivity index (χ0) is 12.8. The lowest BCUT2D eigenvalue weighted by Gasteiger charge is -2.32. The van der Waals surface area contributed by atoms with Gasteiger partial charge in [-0.1, -0.05) is 6.58 Å². The third kappa shape index (κ3) is 2.40. The van der Waals surface area contributed by atoms with Crippen molar-refractivity contribution < 1.29 is 16.8 Å². The Kier molecular flexibility index (Phi) is 3.09. The first kappa shape index (κ1) is 13.0. The van der Waals surface area contributed by atoms with E-state index in [-0.39, 0.29) is 17.7 Å². The molecule has 2 rings (SSSR count). The second-order valence-corrected chi connectivity index (χ2v) is 8.11. The van der Waals surface area contributed by atoms with E-state index < -0.39 is 26.1 Å². The summed E-state index contributed by atoms with van der Waals surface area (Å²) in [4.78, 5) is 0. The molecule has 2 aliphatic rings. The molecule has 6 nitrogen and oxygen atoms in total. The minimum absolute atomic E-state index is 0.0882. The Labute approximate surface area is 102 Å². The summed E-state index contributed by atoms with van der Waals surface area (Å²) in [6.45, 7) is 3.28. The molecule has 1 saturated heterocycles. The summed E-state index contributed by atoms with van der Waals surface area (Å²) in [5.74, 6) is -0.200. The Bertz CT molecular complexity index is 525. The normalized spacial score (nSPS) is 34.1. The quantitative estimate of drug-likeness (QED) is 0.757. The number of nitrogens with zero attached hydrogens (tertiary/aromatic N) is 1. The lowest BCUT2D eigenvalue weighted by Crippen LogP contribution is -2.48. The van der Waals surface area contributed by atoms with Crippen molar-refractivity contribution in [2.75, 3.05) is 5.75 Å². The topological polar surface area (TPSA) is 97.5 Å². The molecule has 1 aliphatic heterocycles. The van der Waals surface area contributed by atoms with Gasteiger partial charge in [0.05, 0.1) is 5.75 Å². The molecule has 0 aromatic rings. The number of rotatable bonds is 4. The van der Waals surface area contributed by atoms with Gasteiger partial charge < -0.3 is 0 Å². The molecule has 0 unspecified atom stereocenters. The fourth-order valence-electron chi connectivity index (χ4n) is 2.98. The molecule has 0 spiro atoms. The van der Waals surface area contributed by atoms with Gasteiger partial charge in [-0.15, -0.1) is 0 Å². The lowest BCUT2D eigenvalue weighted by atomic mass is 10.0. The highest BCUT2D eigenvalue weighted by Gasteiger charge is 2.51.